The molecule has 0 bridgehead atoms. The molecular formula is C15H15NO6. The van der Waals surface area contributed by atoms with Gasteiger partial charge in [-0.2, -0.15) is 0 Å². The van der Waals surface area contributed by atoms with E-state index in [4.69, 9.17) is 21.1 Å². The number of aliphatic carboxylic acids is 1. The van der Waals surface area contributed by atoms with Gasteiger partial charge in [-0.15, -0.1) is 0 Å². The highest BCUT2D eigenvalue weighted by atomic mass is 16.4. The van der Waals surface area contributed by atoms with Crippen LogP contribution < -0.4 is 5.73 Å². The van der Waals surface area contributed by atoms with Gasteiger partial charge in [-0.3, -0.25) is 14.4 Å². The second-order valence-electron chi connectivity index (χ2n) is 4.44. The Balaban J connectivity index is 0.000000255. The molecule has 0 saturated carbocycles. The number of carbonyl (C=O) groups is 3. The van der Waals surface area contributed by atoms with Crippen molar-refractivity contribution in [2.75, 3.05) is 0 Å². The first-order valence-corrected chi connectivity index (χ1v) is 6.23. The molecule has 0 spiro atoms. The van der Waals surface area contributed by atoms with E-state index in [2.05, 4.69) is 0 Å². The SMILES string of the molecule is NC(Cc1ccc(O)c(O)c1)C(=O)O.O=C1C=CC(=O)C=C1. The average Bonchev–Trinajstić information content (AvgIpc) is 2.46. The van der Waals surface area contributed by atoms with Gasteiger partial charge in [0.25, 0.3) is 0 Å². The fourth-order valence-electron chi connectivity index (χ4n) is 1.48. The first-order chi connectivity index (χ1) is 10.3. The van der Waals surface area contributed by atoms with E-state index in [1.807, 2.05) is 0 Å². The van der Waals surface area contributed by atoms with Crippen LogP contribution >= 0.6 is 0 Å². The summed E-state index contributed by atoms with van der Waals surface area (Å²) >= 11 is 0. The molecule has 1 aliphatic carbocycles. The van der Waals surface area contributed by atoms with Gasteiger partial charge in [0.05, 0.1) is 0 Å². The van der Waals surface area contributed by atoms with Crippen molar-refractivity contribution in [2.45, 2.75) is 12.5 Å². The van der Waals surface area contributed by atoms with Gasteiger partial charge in [-0.1, -0.05) is 6.07 Å². The van der Waals surface area contributed by atoms with E-state index in [-0.39, 0.29) is 29.5 Å². The molecule has 116 valence electrons. The summed E-state index contributed by atoms with van der Waals surface area (Å²) in [6.45, 7) is 0. The lowest BCUT2D eigenvalue weighted by Crippen LogP contribution is -2.32. The van der Waals surface area contributed by atoms with Gasteiger partial charge in [0.2, 0.25) is 0 Å². The van der Waals surface area contributed by atoms with Crippen LogP contribution in [0.5, 0.6) is 11.5 Å². The monoisotopic (exact) mass is 305 g/mol. The second kappa shape index (κ2) is 7.75. The maximum Gasteiger partial charge on any atom is 0.320 e. The first kappa shape index (κ1) is 17.1. The minimum atomic E-state index is -1.10. The van der Waals surface area contributed by atoms with Crippen LogP contribution in [-0.4, -0.2) is 38.9 Å². The Hall–Kier alpha value is -2.93. The van der Waals surface area contributed by atoms with Crippen LogP contribution in [0.25, 0.3) is 0 Å². The lowest BCUT2D eigenvalue weighted by atomic mass is 10.1. The minimum absolute atomic E-state index is 0.114. The molecule has 0 heterocycles. The minimum Gasteiger partial charge on any atom is -0.504 e. The van der Waals surface area contributed by atoms with Crippen molar-refractivity contribution in [3.63, 3.8) is 0 Å². The van der Waals surface area contributed by atoms with Crippen LogP contribution in [0.2, 0.25) is 0 Å². The van der Waals surface area contributed by atoms with Crippen molar-refractivity contribution >= 4 is 17.5 Å². The zero-order chi connectivity index (χ0) is 16.7. The largest absolute Gasteiger partial charge is 0.504 e. The van der Waals surface area contributed by atoms with E-state index in [0.29, 0.717) is 5.56 Å². The van der Waals surface area contributed by atoms with Crippen LogP contribution in [0.4, 0.5) is 0 Å². The third kappa shape index (κ3) is 5.59. The molecule has 0 fully saturated rings. The van der Waals surface area contributed by atoms with E-state index in [0.717, 1.165) is 0 Å². The van der Waals surface area contributed by atoms with Gasteiger partial charge in [0.1, 0.15) is 6.04 Å². The molecule has 0 aliphatic heterocycles. The quantitative estimate of drug-likeness (QED) is 0.465. The Bertz CT molecular complexity index is 609. The third-order valence-corrected chi connectivity index (χ3v) is 2.64. The zero-order valence-electron chi connectivity index (χ0n) is 11.5. The molecule has 1 unspecified atom stereocenters. The number of ketones is 2. The van der Waals surface area contributed by atoms with Crippen molar-refractivity contribution in [3.05, 3.63) is 48.1 Å². The number of carboxylic acid groups (broad SMARTS) is 1. The molecule has 1 aromatic carbocycles. The maximum absolute atomic E-state index is 10.4. The van der Waals surface area contributed by atoms with E-state index < -0.39 is 12.0 Å². The highest BCUT2D eigenvalue weighted by Crippen LogP contribution is 2.25. The fourth-order valence-corrected chi connectivity index (χ4v) is 1.48. The number of carboxylic acids is 1. The fraction of sp³-hybridized carbons (Fsp3) is 0.133. The molecule has 22 heavy (non-hydrogen) atoms. The molecule has 7 heteroatoms. The number of allylic oxidation sites excluding steroid dienone is 4. The third-order valence-electron chi connectivity index (χ3n) is 2.64. The van der Waals surface area contributed by atoms with Gasteiger partial charge >= 0.3 is 5.97 Å². The number of carbonyl (C=O) groups excluding carboxylic acids is 2. The second-order valence-corrected chi connectivity index (χ2v) is 4.44. The van der Waals surface area contributed by atoms with E-state index in [1.54, 1.807) is 0 Å². The number of phenols is 2. The summed E-state index contributed by atoms with van der Waals surface area (Å²) in [7, 11) is 0. The lowest BCUT2D eigenvalue weighted by molar-refractivity contribution is -0.138. The highest BCUT2D eigenvalue weighted by molar-refractivity contribution is 6.14. The highest BCUT2D eigenvalue weighted by Gasteiger charge is 2.12. The smallest absolute Gasteiger partial charge is 0.320 e. The summed E-state index contributed by atoms with van der Waals surface area (Å²) in [6, 6.07) is 3.09. The van der Waals surface area contributed by atoms with E-state index >= 15 is 0 Å². The lowest BCUT2D eigenvalue weighted by Gasteiger charge is -2.06. The predicted molar refractivity (Wildman–Crippen MR) is 77.4 cm³/mol. The number of benzene rings is 1. The topological polar surface area (TPSA) is 138 Å². The molecule has 2 rings (SSSR count). The molecule has 0 saturated heterocycles. The Labute approximate surface area is 126 Å². The molecule has 1 aromatic rings. The van der Waals surface area contributed by atoms with Crippen molar-refractivity contribution in [3.8, 4) is 11.5 Å². The van der Waals surface area contributed by atoms with Crippen molar-refractivity contribution in [2.24, 2.45) is 5.73 Å². The average molecular weight is 305 g/mol. The number of rotatable bonds is 3. The molecule has 7 nitrogen and oxygen atoms in total. The Morgan fingerprint density at radius 1 is 1.00 bits per heavy atom. The van der Waals surface area contributed by atoms with Gasteiger partial charge in [-0.05, 0) is 48.4 Å². The number of hydrogen-bond acceptors (Lipinski definition) is 6. The first-order valence-electron chi connectivity index (χ1n) is 6.23. The van der Waals surface area contributed by atoms with Gasteiger partial charge in [0, 0.05) is 0 Å². The Morgan fingerprint density at radius 2 is 1.50 bits per heavy atom. The zero-order valence-corrected chi connectivity index (χ0v) is 11.5. The summed E-state index contributed by atoms with van der Waals surface area (Å²) in [5, 5.41) is 26.6. The predicted octanol–water partition coefficient (Wildman–Crippen LogP) is 0.303. The molecule has 0 radical (unpaired) electrons. The summed E-state index contributed by atoms with van der Waals surface area (Å²) in [5.41, 5.74) is 5.86. The van der Waals surface area contributed by atoms with Gasteiger partial charge in [0.15, 0.2) is 23.1 Å². The van der Waals surface area contributed by atoms with Crippen LogP contribution in [0.1, 0.15) is 5.56 Å². The van der Waals surface area contributed by atoms with Crippen molar-refractivity contribution in [1.82, 2.24) is 0 Å². The Morgan fingerprint density at radius 3 is 1.91 bits per heavy atom. The van der Waals surface area contributed by atoms with E-state index in [9.17, 15) is 14.4 Å². The van der Waals surface area contributed by atoms with Crippen molar-refractivity contribution in [1.29, 1.82) is 0 Å². The molecule has 1 atom stereocenters. The van der Waals surface area contributed by atoms with Gasteiger partial charge in [-0.25, -0.2) is 0 Å². The molecular weight excluding hydrogens is 290 g/mol. The van der Waals surface area contributed by atoms with Gasteiger partial charge < -0.3 is 21.1 Å². The summed E-state index contributed by atoms with van der Waals surface area (Å²) < 4.78 is 0. The number of aromatic hydroxyl groups is 2. The van der Waals surface area contributed by atoms with Crippen molar-refractivity contribution < 1.29 is 29.7 Å². The molecule has 0 amide bonds. The summed E-state index contributed by atoms with van der Waals surface area (Å²) in [4.78, 5) is 31.0. The molecule has 1 aliphatic rings. The number of phenolic OH excluding ortho intramolecular Hbond substituents is 2. The maximum atomic E-state index is 10.4. The van der Waals surface area contributed by atoms with Crippen LogP contribution in [-0.2, 0) is 20.8 Å². The normalized spacial score (nSPS) is 14.2. The number of nitrogens with two attached hydrogens (primary N) is 1. The number of hydrogen-bond donors (Lipinski definition) is 4. The summed E-state index contributed by atoms with van der Waals surface area (Å²) in [6.07, 6.45) is 5.12. The molecule has 5 N–H and O–H groups in total. The van der Waals surface area contributed by atoms with Crippen LogP contribution in [0, 0.1) is 0 Å². The Kier molecular flexibility index (Phi) is 6.03. The standard InChI is InChI=1S/C9H11NO4.C6H4O2/c10-6(9(13)14)3-5-1-2-7(11)8(12)4-5;7-5-1-2-6(8)4-3-5/h1-2,4,6,11-12H,3,10H2,(H,13,14);1-4H. The summed E-state index contributed by atoms with van der Waals surface area (Å²) in [5.74, 6) is -1.86. The van der Waals surface area contributed by atoms with Crippen LogP contribution in [0.3, 0.4) is 0 Å². The van der Waals surface area contributed by atoms with Crippen LogP contribution in [0.15, 0.2) is 42.5 Å². The van der Waals surface area contributed by atoms with E-state index in [1.165, 1.54) is 42.5 Å². The molecule has 0 aromatic heterocycles.